The minimum Gasteiger partial charge on any atom is -0.473 e. The van der Waals surface area contributed by atoms with Crippen LogP contribution in [0.1, 0.15) is 92.2 Å². The predicted molar refractivity (Wildman–Crippen MR) is 165 cm³/mol. The van der Waals surface area contributed by atoms with Crippen LogP contribution in [0.25, 0.3) is 0 Å². The molecular formula is C36H52N2O. The smallest absolute Gasteiger partial charge is 0.0864 e. The summed E-state index contributed by atoms with van der Waals surface area (Å²) in [6.45, 7) is 21.1. The van der Waals surface area contributed by atoms with E-state index in [1.54, 1.807) is 0 Å². The fourth-order valence-electron chi connectivity index (χ4n) is 7.81. The van der Waals surface area contributed by atoms with Gasteiger partial charge in [0.2, 0.25) is 0 Å². The summed E-state index contributed by atoms with van der Waals surface area (Å²) in [5.41, 5.74) is 3.25. The molecule has 0 aromatic heterocycles. The molecule has 3 heteroatoms. The number of allylic oxidation sites excluding steroid dienone is 2. The summed E-state index contributed by atoms with van der Waals surface area (Å²) in [5, 5.41) is 0. The lowest BCUT2D eigenvalue weighted by atomic mass is 9.73. The van der Waals surface area contributed by atoms with Crippen molar-refractivity contribution in [1.82, 2.24) is 9.80 Å². The van der Waals surface area contributed by atoms with Crippen LogP contribution < -0.4 is 0 Å². The molecule has 2 aromatic carbocycles. The van der Waals surface area contributed by atoms with Crippen molar-refractivity contribution in [2.75, 3.05) is 0 Å². The molecule has 212 valence electrons. The van der Waals surface area contributed by atoms with E-state index in [9.17, 15) is 0 Å². The second kappa shape index (κ2) is 11.6. The molecule has 0 radical (unpaired) electrons. The van der Waals surface area contributed by atoms with Crippen molar-refractivity contribution in [3.05, 3.63) is 96.5 Å². The van der Waals surface area contributed by atoms with Gasteiger partial charge in [0, 0.05) is 35.2 Å². The van der Waals surface area contributed by atoms with Crippen molar-refractivity contribution in [3.8, 4) is 0 Å². The van der Waals surface area contributed by atoms with Gasteiger partial charge in [-0.05, 0) is 116 Å². The lowest BCUT2D eigenvalue weighted by molar-refractivity contribution is -0.0495. The molecule has 0 saturated carbocycles. The van der Waals surface area contributed by atoms with Crippen molar-refractivity contribution in [2.24, 2.45) is 11.8 Å². The molecule has 2 aliphatic heterocycles. The highest BCUT2D eigenvalue weighted by atomic mass is 16.5. The molecule has 2 saturated heterocycles. The van der Waals surface area contributed by atoms with Crippen molar-refractivity contribution in [2.45, 2.75) is 116 Å². The second-order valence-corrected chi connectivity index (χ2v) is 14.5. The van der Waals surface area contributed by atoms with Crippen LogP contribution in [-0.2, 0) is 17.8 Å². The molecule has 4 rings (SSSR count). The summed E-state index contributed by atoms with van der Waals surface area (Å²) in [7, 11) is 0. The lowest BCUT2D eigenvalue weighted by Gasteiger charge is -2.55. The standard InChI is InChI=1S/C36H52N2O/c1-33(2)23-31(24-34(3,4)37(33)27-29-15-11-9-12-16-29)19-21-39-22-20-32-25-35(5,6)38(36(7,8)26-32)28-30-17-13-10-14-18-30/h9-22,31-32H,23-28H2,1-8H3. The molecule has 2 fully saturated rings. The first kappa shape index (κ1) is 29.6. The Morgan fingerprint density at radius 3 is 1.18 bits per heavy atom. The van der Waals surface area contributed by atoms with Crippen LogP contribution in [0.15, 0.2) is 85.3 Å². The maximum absolute atomic E-state index is 5.97. The molecule has 39 heavy (non-hydrogen) atoms. The van der Waals surface area contributed by atoms with Crippen LogP contribution in [-0.4, -0.2) is 32.0 Å². The highest BCUT2D eigenvalue weighted by molar-refractivity contribution is 5.18. The van der Waals surface area contributed by atoms with Gasteiger partial charge < -0.3 is 4.74 Å². The van der Waals surface area contributed by atoms with Crippen molar-refractivity contribution in [3.63, 3.8) is 0 Å². The summed E-state index contributed by atoms with van der Waals surface area (Å²) in [5.74, 6) is 1.02. The Labute approximate surface area is 238 Å². The zero-order valence-electron chi connectivity index (χ0n) is 25.8. The topological polar surface area (TPSA) is 15.7 Å². The van der Waals surface area contributed by atoms with Gasteiger partial charge in [-0.15, -0.1) is 0 Å². The van der Waals surface area contributed by atoms with E-state index >= 15 is 0 Å². The first-order valence-corrected chi connectivity index (χ1v) is 14.9. The number of rotatable bonds is 8. The van der Waals surface area contributed by atoms with Crippen LogP contribution in [0, 0.1) is 11.8 Å². The summed E-state index contributed by atoms with van der Waals surface area (Å²) in [6.07, 6.45) is 13.0. The van der Waals surface area contributed by atoms with Crippen LogP contribution >= 0.6 is 0 Å². The zero-order valence-corrected chi connectivity index (χ0v) is 25.8. The molecule has 0 aliphatic carbocycles. The molecule has 2 heterocycles. The van der Waals surface area contributed by atoms with Crippen LogP contribution in [0.3, 0.4) is 0 Å². The molecule has 2 aliphatic rings. The fourth-order valence-corrected chi connectivity index (χ4v) is 7.81. The van der Waals surface area contributed by atoms with E-state index in [-0.39, 0.29) is 22.2 Å². The van der Waals surface area contributed by atoms with E-state index in [4.69, 9.17) is 4.74 Å². The van der Waals surface area contributed by atoms with E-state index in [1.807, 2.05) is 12.5 Å². The van der Waals surface area contributed by atoms with Gasteiger partial charge in [-0.25, -0.2) is 0 Å². The number of hydrogen-bond donors (Lipinski definition) is 0. The third kappa shape index (κ3) is 7.44. The zero-order chi connectivity index (χ0) is 28.3. The number of benzene rings is 2. The minimum absolute atomic E-state index is 0.118. The van der Waals surface area contributed by atoms with E-state index in [2.05, 4.69) is 138 Å². The van der Waals surface area contributed by atoms with Gasteiger partial charge in [-0.3, -0.25) is 9.80 Å². The van der Waals surface area contributed by atoms with Crippen LogP contribution in [0.4, 0.5) is 0 Å². The van der Waals surface area contributed by atoms with E-state index in [0.29, 0.717) is 11.8 Å². The Balaban J connectivity index is 1.32. The molecule has 0 unspecified atom stereocenters. The van der Waals surface area contributed by atoms with Gasteiger partial charge in [-0.1, -0.05) is 60.7 Å². The Morgan fingerprint density at radius 1 is 0.564 bits per heavy atom. The normalized spacial score (nSPS) is 23.9. The molecule has 2 aromatic rings. The third-order valence-electron chi connectivity index (χ3n) is 9.20. The summed E-state index contributed by atoms with van der Waals surface area (Å²) < 4.78 is 5.97. The summed E-state index contributed by atoms with van der Waals surface area (Å²) in [6, 6.07) is 21.8. The Morgan fingerprint density at radius 2 is 0.872 bits per heavy atom. The third-order valence-corrected chi connectivity index (χ3v) is 9.20. The van der Waals surface area contributed by atoms with E-state index in [1.165, 1.54) is 11.1 Å². The summed E-state index contributed by atoms with van der Waals surface area (Å²) >= 11 is 0. The number of nitrogens with zero attached hydrogens (tertiary/aromatic N) is 2. The Bertz CT molecular complexity index is 988. The van der Waals surface area contributed by atoms with Gasteiger partial charge in [0.15, 0.2) is 0 Å². The fraction of sp³-hybridized carbons (Fsp3) is 0.556. The van der Waals surface area contributed by atoms with Crippen molar-refractivity contribution in [1.29, 1.82) is 0 Å². The molecular weight excluding hydrogens is 476 g/mol. The average molecular weight is 529 g/mol. The summed E-state index contributed by atoms with van der Waals surface area (Å²) in [4.78, 5) is 5.38. The molecule has 0 atom stereocenters. The molecule has 0 bridgehead atoms. The molecule has 0 spiro atoms. The highest BCUT2D eigenvalue weighted by Gasteiger charge is 2.45. The average Bonchev–Trinajstić information content (AvgIpc) is 2.84. The van der Waals surface area contributed by atoms with Crippen molar-refractivity contribution >= 4 is 0 Å². The van der Waals surface area contributed by atoms with Gasteiger partial charge in [0.25, 0.3) is 0 Å². The Hall–Kier alpha value is -2.36. The first-order valence-electron chi connectivity index (χ1n) is 14.9. The van der Waals surface area contributed by atoms with Gasteiger partial charge in [0.05, 0.1) is 12.5 Å². The number of ether oxygens (including phenoxy) is 1. The van der Waals surface area contributed by atoms with E-state index in [0.717, 1.165) is 38.8 Å². The number of hydrogen-bond acceptors (Lipinski definition) is 3. The molecule has 0 amide bonds. The van der Waals surface area contributed by atoms with Crippen LogP contribution in [0.5, 0.6) is 0 Å². The van der Waals surface area contributed by atoms with Gasteiger partial charge >= 0.3 is 0 Å². The first-order chi connectivity index (χ1) is 18.3. The van der Waals surface area contributed by atoms with Crippen molar-refractivity contribution < 1.29 is 4.74 Å². The highest BCUT2D eigenvalue weighted by Crippen LogP contribution is 2.44. The molecule has 3 nitrogen and oxygen atoms in total. The second-order valence-electron chi connectivity index (χ2n) is 14.5. The lowest BCUT2D eigenvalue weighted by Crippen LogP contribution is -2.59. The van der Waals surface area contributed by atoms with Crippen LogP contribution in [0.2, 0.25) is 0 Å². The molecule has 0 N–H and O–H groups in total. The largest absolute Gasteiger partial charge is 0.473 e. The maximum atomic E-state index is 5.97. The number of piperidine rings is 2. The monoisotopic (exact) mass is 528 g/mol. The number of likely N-dealkylation sites (tertiary alicyclic amines) is 2. The van der Waals surface area contributed by atoms with Gasteiger partial charge in [-0.2, -0.15) is 0 Å². The van der Waals surface area contributed by atoms with E-state index < -0.39 is 0 Å². The van der Waals surface area contributed by atoms with Gasteiger partial charge in [0.1, 0.15) is 0 Å². The quantitative estimate of drug-likeness (QED) is 0.318. The predicted octanol–water partition coefficient (Wildman–Crippen LogP) is 8.97. The minimum atomic E-state index is 0.118. The maximum Gasteiger partial charge on any atom is 0.0864 e. The Kier molecular flexibility index (Phi) is 8.83. The SMILES string of the molecule is CC1(C)CC(C=COC=CC2CC(C)(C)N(Cc3ccccc3)C(C)(C)C2)CC(C)(C)N1Cc1ccccc1.